The highest BCUT2D eigenvalue weighted by molar-refractivity contribution is 6.20. The van der Waals surface area contributed by atoms with E-state index in [0.29, 0.717) is 0 Å². The molecular formula is C8H5ClN2O3. The topological polar surface area (TPSA) is 80.1 Å². The average molecular weight is 213 g/mol. The van der Waals surface area contributed by atoms with E-state index in [0.717, 1.165) is 0 Å². The first-order chi connectivity index (χ1) is 6.67. The predicted octanol–water partition coefficient (Wildman–Crippen LogP) is 2.33. The fourth-order valence-electron chi connectivity index (χ4n) is 0.790. The van der Waals surface area contributed by atoms with Crippen LogP contribution in [0, 0.1) is 21.4 Å². The molecule has 0 saturated heterocycles. The minimum Gasteiger partial charge on any atom is -0.401 e. The van der Waals surface area contributed by atoms with Crippen LogP contribution in [-0.4, -0.2) is 10.8 Å². The molecule has 0 aliphatic carbocycles. The summed E-state index contributed by atoms with van der Waals surface area (Å²) >= 11 is 5.42. The Labute approximate surface area is 84.3 Å². The van der Waals surface area contributed by atoms with Gasteiger partial charge in [-0.05, 0) is 12.1 Å². The number of alkyl halides is 1. The van der Waals surface area contributed by atoms with Gasteiger partial charge in [0.2, 0.25) is 0 Å². The second kappa shape index (κ2) is 4.44. The summed E-state index contributed by atoms with van der Waals surface area (Å²) in [6.45, 7) is 0. The minimum absolute atomic E-state index is 0.0466. The van der Waals surface area contributed by atoms with Gasteiger partial charge in [0.1, 0.15) is 10.7 Å². The third-order valence-corrected chi connectivity index (χ3v) is 1.68. The molecule has 0 aliphatic rings. The Hall–Kier alpha value is -1.80. The van der Waals surface area contributed by atoms with Crippen molar-refractivity contribution in [2.24, 2.45) is 0 Å². The monoisotopic (exact) mass is 212 g/mol. The Balaban J connectivity index is 2.94. The van der Waals surface area contributed by atoms with Crippen LogP contribution in [0.2, 0.25) is 0 Å². The van der Waals surface area contributed by atoms with E-state index in [1.807, 2.05) is 6.07 Å². The van der Waals surface area contributed by atoms with Crippen LogP contribution >= 0.6 is 11.6 Å². The standard InChI is InChI=1S/C8H5ClN2O3/c9-4-6(5-10)3-7-1-2-8(14-7)11(12)13/h1-3H,4H2/b6-3-. The molecule has 0 amide bonds. The number of hydrogen-bond donors (Lipinski definition) is 0. The molecule has 5 nitrogen and oxygen atoms in total. The Morgan fingerprint density at radius 1 is 1.79 bits per heavy atom. The fraction of sp³-hybridized carbons (Fsp3) is 0.125. The molecule has 1 aromatic heterocycles. The van der Waals surface area contributed by atoms with Gasteiger partial charge in [0.15, 0.2) is 0 Å². The lowest BCUT2D eigenvalue weighted by molar-refractivity contribution is -0.402. The van der Waals surface area contributed by atoms with Gasteiger partial charge in [0, 0.05) is 5.57 Å². The van der Waals surface area contributed by atoms with Crippen LogP contribution in [-0.2, 0) is 0 Å². The summed E-state index contributed by atoms with van der Waals surface area (Å²) in [7, 11) is 0. The number of rotatable bonds is 3. The van der Waals surface area contributed by atoms with E-state index < -0.39 is 4.92 Å². The number of furan rings is 1. The van der Waals surface area contributed by atoms with Crippen LogP contribution in [0.1, 0.15) is 5.76 Å². The largest absolute Gasteiger partial charge is 0.433 e. The molecule has 0 unspecified atom stereocenters. The first-order valence-electron chi connectivity index (χ1n) is 3.58. The normalized spacial score (nSPS) is 11.0. The van der Waals surface area contributed by atoms with Crippen molar-refractivity contribution in [1.82, 2.24) is 0 Å². The fourth-order valence-corrected chi connectivity index (χ4v) is 0.927. The molecule has 1 aromatic rings. The summed E-state index contributed by atoms with van der Waals surface area (Å²) in [5.41, 5.74) is 0.288. The first-order valence-corrected chi connectivity index (χ1v) is 4.11. The van der Waals surface area contributed by atoms with E-state index in [2.05, 4.69) is 0 Å². The minimum atomic E-state index is -0.649. The highest BCUT2D eigenvalue weighted by Crippen LogP contribution is 2.18. The van der Waals surface area contributed by atoms with Gasteiger partial charge in [-0.25, -0.2) is 0 Å². The Morgan fingerprint density at radius 2 is 2.50 bits per heavy atom. The zero-order valence-electron chi connectivity index (χ0n) is 6.94. The van der Waals surface area contributed by atoms with Crippen molar-refractivity contribution in [2.75, 3.05) is 5.88 Å². The smallest absolute Gasteiger partial charge is 0.401 e. The quantitative estimate of drug-likeness (QED) is 0.333. The summed E-state index contributed by atoms with van der Waals surface area (Å²) in [5.74, 6) is -0.0673. The number of nitriles is 1. The Morgan fingerprint density at radius 3 is 2.93 bits per heavy atom. The number of hydrogen-bond acceptors (Lipinski definition) is 4. The van der Waals surface area contributed by atoms with E-state index >= 15 is 0 Å². The number of halogens is 1. The summed E-state index contributed by atoms with van der Waals surface area (Å²) in [6.07, 6.45) is 1.36. The zero-order valence-corrected chi connectivity index (χ0v) is 7.69. The highest BCUT2D eigenvalue weighted by Gasteiger charge is 2.10. The van der Waals surface area contributed by atoms with Crippen molar-refractivity contribution >= 4 is 23.6 Å². The lowest BCUT2D eigenvalue weighted by atomic mass is 10.3. The lowest BCUT2D eigenvalue weighted by Crippen LogP contribution is -1.82. The maximum Gasteiger partial charge on any atom is 0.433 e. The number of nitro groups is 1. The van der Waals surface area contributed by atoms with Gasteiger partial charge >= 0.3 is 5.88 Å². The highest BCUT2D eigenvalue weighted by atomic mass is 35.5. The second-order valence-electron chi connectivity index (χ2n) is 2.35. The number of nitrogens with zero attached hydrogens (tertiary/aromatic N) is 2. The van der Waals surface area contributed by atoms with Crippen LogP contribution in [0.5, 0.6) is 0 Å². The molecule has 1 rings (SSSR count). The summed E-state index contributed by atoms with van der Waals surface area (Å²) in [4.78, 5) is 9.59. The maximum absolute atomic E-state index is 10.2. The van der Waals surface area contributed by atoms with Crippen molar-refractivity contribution in [3.8, 4) is 6.07 Å². The van der Waals surface area contributed by atoms with Gasteiger partial charge in [0.05, 0.1) is 18.0 Å². The third-order valence-electron chi connectivity index (χ3n) is 1.40. The molecule has 0 fully saturated rings. The van der Waals surface area contributed by atoms with Gasteiger partial charge in [0.25, 0.3) is 0 Å². The van der Waals surface area contributed by atoms with Crippen molar-refractivity contribution < 1.29 is 9.34 Å². The van der Waals surface area contributed by atoms with Gasteiger partial charge < -0.3 is 4.42 Å². The van der Waals surface area contributed by atoms with Crippen LogP contribution in [0.4, 0.5) is 5.88 Å². The predicted molar refractivity (Wildman–Crippen MR) is 49.7 cm³/mol. The SMILES string of the molecule is N#C/C(=C\c1ccc([N+](=O)[O-])o1)CCl. The van der Waals surface area contributed by atoms with E-state index in [1.54, 1.807) is 0 Å². The number of allylic oxidation sites excluding steroid dienone is 1. The molecule has 0 atom stereocenters. The molecule has 6 heteroatoms. The van der Waals surface area contributed by atoms with Crippen molar-refractivity contribution in [3.05, 3.63) is 33.6 Å². The van der Waals surface area contributed by atoms with E-state index in [1.165, 1.54) is 18.2 Å². The van der Waals surface area contributed by atoms with Gasteiger partial charge in [-0.15, -0.1) is 11.6 Å². The van der Waals surface area contributed by atoms with Crippen molar-refractivity contribution in [1.29, 1.82) is 5.26 Å². The van der Waals surface area contributed by atoms with E-state index in [9.17, 15) is 10.1 Å². The molecule has 0 saturated carbocycles. The molecule has 0 spiro atoms. The second-order valence-corrected chi connectivity index (χ2v) is 2.62. The Kier molecular flexibility index (Phi) is 3.26. The first kappa shape index (κ1) is 10.3. The summed E-state index contributed by atoms with van der Waals surface area (Å²) < 4.78 is 4.79. The zero-order chi connectivity index (χ0) is 10.6. The van der Waals surface area contributed by atoms with Crippen molar-refractivity contribution in [2.45, 2.75) is 0 Å². The lowest BCUT2D eigenvalue weighted by Gasteiger charge is -1.87. The van der Waals surface area contributed by atoms with Crippen LogP contribution in [0.3, 0.4) is 0 Å². The van der Waals surface area contributed by atoms with Gasteiger partial charge in [-0.2, -0.15) is 5.26 Å². The summed E-state index contributed by atoms with van der Waals surface area (Å²) in [5, 5.41) is 18.8. The molecule has 0 radical (unpaired) electrons. The van der Waals surface area contributed by atoms with Gasteiger partial charge in [-0.1, -0.05) is 0 Å². The maximum atomic E-state index is 10.2. The van der Waals surface area contributed by atoms with Crippen molar-refractivity contribution in [3.63, 3.8) is 0 Å². The van der Waals surface area contributed by atoms with Crippen LogP contribution < -0.4 is 0 Å². The molecule has 0 aliphatic heterocycles. The van der Waals surface area contributed by atoms with Crippen LogP contribution in [0.15, 0.2) is 22.1 Å². The average Bonchev–Trinajstić information content (AvgIpc) is 2.62. The summed E-state index contributed by atoms with van der Waals surface area (Å²) in [6, 6.07) is 4.46. The Bertz CT molecular complexity index is 416. The van der Waals surface area contributed by atoms with Crippen LogP contribution in [0.25, 0.3) is 6.08 Å². The molecule has 0 N–H and O–H groups in total. The third kappa shape index (κ3) is 2.34. The molecule has 72 valence electrons. The molecule has 1 heterocycles. The van der Waals surface area contributed by atoms with Gasteiger partial charge in [-0.3, -0.25) is 10.1 Å². The van der Waals surface area contributed by atoms with E-state index in [-0.39, 0.29) is 23.1 Å². The molecule has 0 aromatic carbocycles. The van der Waals surface area contributed by atoms with E-state index in [4.69, 9.17) is 21.3 Å². The molecular weight excluding hydrogens is 208 g/mol. The molecule has 0 bridgehead atoms. The molecule has 14 heavy (non-hydrogen) atoms.